The molecule has 2 aromatic carbocycles. The number of para-hydroxylation sites is 2. The van der Waals surface area contributed by atoms with E-state index in [2.05, 4.69) is 33.4 Å². The van der Waals surface area contributed by atoms with Gasteiger partial charge in [0.25, 0.3) is 5.91 Å². The molecule has 2 aromatic heterocycles. The van der Waals surface area contributed by atoms with Gasteiger partial charge in [-0.2, -0.15) is 0 Å². The molecule has 6 rings (SSSR count). The van der Waals surface area contributed by atoms with Crippen LogP contribution in [0.2, 0.25) is 0 Å². The van der Waals surface area contributed by atoms with Crippen LogP contribution in [-0.4, -0.2) is 41.5 Å². The van der Waals surface area contributed by atoms with Gasteiger partial charge in [0.2, 0.25) is 0 Å². The van der Waals surface area contributed by atoms with Gasteiger partial charge in [0.05, 0.1) is 17.3 Å². The number of rotatable bonds is 6. The van der Waals surface area contributed by atoms with Gasteiger partial charge < -0.3 is 14.6 Å². The number of fused-ring (bicyclic) bond motifs is 2. The quantitative estimate of drug-likeness (QED) is 0.340. The molecular weight excluding hydrogens is 446 g/mol. The van der Waals surface area contributed by atoms with Crippen molar-refractivity contribution in [1.29, 1.82) is 0 Å². The Morgan fingerprint density at radius 3 is 2.50 bits per heavy atom. The number of carbonyl (C=O) groups is 1. The number of aromatic nitrogens is 1. The largest absolute Gasteiger partial charge is 0.464 e. The van der Waals surface area contributed by atoms with E-state index in [0.717, 1.165) is 40.8 Å². The molecule has 3 heterocycles. The van der Waals surface area contributed by atoms with Crippen LogP contribution in [0.5, 0.6) is 0 Å². The summed E-state index contributed by atoms with van der Waals surface area (Å²) in [6.45, 7) is 3.55. The number of benzene rings is 2. The van der Waals surface area contributed by atoms with E-state index < -0.39 is 0 Å². The second-order valence-electron chi connectivity index (χ2n) is 10.7. The van der Waals surface area contributed by atoms with Gasteiger partial charge >= 0.3 is 0 Å². The van der Waals surface area contributed by atoms with Gasteiger partial charge in [-0.25, -0.2) is 0 Å². The zero-order chi connectivity index (χ0) is 24.3. The Bertz CT molecular complexity index is 1320. The third kappa shape index (κ3) is 4.90. The highest BCUT2D eigenvalue weighted by Gasteiger charge is 2.26. The Morgan fingerprint density at radius 1 is 0.917 bits per heavy atom. The molecule has 2 aliphatic rings. The second kappa shape index (κ2) is 10.4. The van der Waals surface area contributed by atoms with Gasteiger partial charge in [0.15, 0.2) is 0 Å². The molecule has 0 bridgehead atoms. The molecule has 36 heavy (non-hydrogen) atoms. The third-order valence-corrected chi connectivity index (χ3v) is 8.47. The van der Waals surface area contributed by atoms with Crippen molar-refractivity contribution < 1.29 is 9.21 Å². The summed E-state index contributed by atoms with van der Waals surface area (Å²) in [5.74, 6) is 1.42. The lowest BCUT2D eigenvalue weighted by atomic mass is 9.83. The van der Waals surface area contributed by atoms with E-state index in [1.165, 1.54) is 62.7 Å². The summed E-state index contributed by atoms with van der Waals surface area (Å²) in [4.78, 5) is 20.0. The minimum atomic E-state index is 0.0327. The number of furan rings is 1. The lowest BCUT2D eigenvalue weighted by Crippen LogP contribution is -2.38. The maximum absolute atomic E-state index is 13.0. The molecule has 0 radical (unpaired) electrons. The first-order chi connectivity index (χ1) is 17.7. The Kier molecular flexibility index (Phi) is 6.73. The topological polar surface area (TPSA) is 58.4 Å². The summed E-state index contributed by atoms with van der Waals surface area (Å²) in [6.07, 6.45) is 12.0. The molecule has 5 heteroatoms. The fourth-order valence-corrected chi connectivity index (χ4v) is 6.30. The van der Waals surface area contributed by atoms with Crippen LogP contribution in [0.25, 0.3) is 21.9 Å². The van der Waals surface area contributed by atoms with Crippen LogP contribution in [0, 0.1) is 5.92 Å². The highest BCUT2D eigenvalue weighted by Crippen LogP contribution is 2.35. The number of carbonyl (C=O) groups excluding carboxylic acids is 1. The zero-order valence-electron chi connectivity index (χ0n) is 20.9. The van der Waals surface area contributed by atoms with Crippen molar-refractivity contribution in [2.75, 3.05) is 19.6 Å². The van der Waals surface area contributed by atoms with Crippen molar-refractivity contribution in [2.45, 2.75) is 56.9 Å². The third-order valence-electron chi connectivity index (χ3n) is 8.47. The number of hydrogen-bond acceptors (Lipinski definition) is 4. The van der Waals surface area contributed by atoms with Crippen LogP contribution >= 0.6 is 0 Å². The van der Waals surface area contributed by atoms with Gasteiger partial charge in [0.1, 0.15) is 5.58 Å². The van der Waals surface area contributed by atoms with E-state index >= 15 is 0 Å². The van der Waals surface area contributed by atoms with Crippen molar-refractivity contribution in [2.24, 2.45) is 5.92 Å². The summed E-state index contributed by atoms with van der Waals surface area (Å²) in [6, 6.07) is 18.4. The predicted octanol–water partition coefficient (Wildman–Crippen LogP) is 6.54. The normalized spacial score (nSPS) is 21.7. The molecule has 1 amide bonds. The smallest absolute Gasteiger partial charge is 0.252 e. The van der Waals surface area contributed by atoms with E-state index in [9.17, 15) is 4.79 Å². The van der Waals surface area contributed by atoms with Crippen molar-refractivity contribution >= 4 is 27.8 Å². The number of nitrogens with zero attached hydrogens (tertiary/aromatic N) is 2. The highest BCUT2D eigenvalue weighted by atomic mass is 16.3. The van der Waals surface area contributed by atoms with Crippen LogP contribution < -0.4 is 5.32 Å². The monoisotopic (exact) mass is 481 g/mol. The van der Waals surface area contributed by atoms with Gasteiger partial charge in [-0.15, -0.1) is 0 Å². The Balaban J connectivity index is 0.946. The van der Waals surface area contributed by atoms with E-state index in [-0.39, 0.29) is 11.9 Å². The Morgan fingerprint density at radius 2 is 1.67 bits per heavy atom. The van der Waals surface area contributed by atoms with Crippen molar-refractivity contribution in [3.63, 3.8) is 0 Å². The van der Waals surface area contributed by atoms with Crippen LogP contribution in [0.15, 0.2) is 71.5 Å². The molecule has 1 saturated carbocycles. The highest BCUT2D eigenvalue weighted by molar-refractivity contribution is 6.06. The molecule has 0 spiro atoms. The Labute approximate surface area is 212 Å². The predicted molar refractivity (Wildman–Crippen MR) is 144 cm³/mol. The maximum atomic E-state index is 13.0. The first-order valence-electron chi connectivity index (χ1n) is 13.6. The van der Waals surface area contributed by atoms with Crippen LogP contribution in [0.4, 0.5) is 0 Å². The SMILES string of the molecule is O=C(NC1CCC(CCN2CCC(c3coc4ccccc34)CC2)CC1)c1ccnc2ccccc12. The summed E-state index contributed by atoms with van der Waals surface area (Å²) in [5, 5.41) is 5.51. The summed E-state index contributed by atoms with van der Waals surface area (Å²) in [7, 11) is 0. The van der Waals surface area contributed by atoms with Gasteiger partial charge in [-0.05, 0) is 94.6 Å². The molecule has 1 aliphatic carbocycles. The van der Waals surface area contributed by atoms with Crippen molar-refractivity contribution in [1.82, 2.24) is 15.2 Å². The number of amides is 1. The van der Waals surface area contributed by atoms with Crippen LogP contribution in [0.1, 0.15) is 66.8 Å². The molecule has 5 nitrogen and oxygen atoms in total. The summed E-state index contributed by atoms with van der Waals surface area (Å²) >= 11 is 0. The molecule has 1 saturated heterocycles. The minimum Gasteiger partial charge on any atom is -0.464 e. The number of pyridine rings is 1. The summed E-state index contributed by atoms with van der Waals surface area (Å²) in [5.41, 5.74) is 4.01. The molecule has 0 unspecified atom stereocenters. The average molecular weight is 482 g/mol. The molecule has 186 valence electrons. The average Bonchev–Trinajstić information content (AvgIpc) is 3.37. The molecule has 1 N–H and O–H groups in total. The van der Waals surface area contributed by atoms with E-state index in [1.54, 1.807) is 6.20 Å². The fourth-order valence-electron chi connectivity index (χ4n) is 6.30. The van der Waals surface area contributed by atoms with Crippen LogP contribution in [-0.2, 0) is 0 Å². The van der Waals surface area contributed by atoms with Crippen molar-refractivity contribution in [3.8, 4) is 0 Å². The van der Waals surface area contributed by atoms with E-state index in [1.807, 2.05) is 42.7 Å². The van der Waals surface area contributed by atoms with E-state index in [0.29, 0.717) is 5.92 Å². The molecule has 0 atom stereocenters. The lowest BCUT2D eigenvalue weighted by Gasteiger charge is -2.34. The van der Waals surface area contributed by atoms with Gasteiger partial charge in [-0.1, -0.05) is 36.4 Å². The number of likely N-dealkylation sites (tertiary alicyclic amines) is 1. The molecule has 2 fully saturated rings. The second-order valence-corrected chi connectivity index (χ2v) is 10.7. The number of piperidine rings is 1. The first-order valence-corrected chi connectivity index (χ1v) is 13.6. The Hall–Kier alpha value is -3.18. The summed E-state index contributed by atoms with van der Waals surface area (Å²) < 4.78 is 5.79. The molecular formula is C31H35N3O2. The zero-order valence-corrected chi connectivity index (χ0v) is 20.9. The number of nitrogens with one attached hydrogen (secondary N) is 1. The fraction of sp³-hybridized carbons (Fsp3) is 0.419. The minimum absolute atomic E-state index is 0.0327. The lowest BCUT2D eigenvalue weighted by molar-refractivity contribution is 0.0921. The van der Waals surface area contributed by atoms with Crippen LogP contribution in [0.3, 0.4) is 0 Å². The molecule has 4 aromatic rings. The van der Waals surface area contributed by atoms with Gasteiger partial charge in [0, 0.05) is 28.6 Å². The van der Waals surface area contributed by atoms with Gasteiger partial charge in [-0.3, -0.25) is 9.78 Å². The first kappa shape index (κ1) is 23.2. The van der Waals surface area contributed by atoms with E-state index in [4.69, 9.17) is 4.42 Å². The van der Waals surface area contributed by atoms with Crippen molar-refractivity contribution in [3.05, 3.63) is 78.2 Å². The molecule has 1 aliphatic heterocycles. The number of hydrogen-bond donors (Lipinski definition) is 1. The maximum Gasteiger partial charge on any atom is 0.252 e. The standard InChI is InChI=1S/C31H35N3O2/c35-31(27-13-17-32-29-7-3-1-5-25(27)29)33-24-11-9-22(10-12-24)14-18-34-19-15-23(16-20-34)28-21-36-30-8-4-2-6-26(28)30/h1-8,13,17,21-24H,9-12,14-16,18-20H2,(H,33,35).